The van der Waals surface area contributed by atoms with Crippen LogP contribution in [0, 0.1) is 27.7 Å². The zero-order valence-corrected chi connectivity index (χ0v) is 26.8. The molecule has 8 aromatic rings. The zero-order chi connectivity index (χ0) is 28.6. The van der Waals surface area contributed by atoms with E-state index in [-0.39, 0.29) is 0 Å². The molecule has 0 unspecified atom stereocenters. The van der Waals surface area contributed by atoms with Crippen LogP contribution in [0.1, 0.15) is 23.3 Å². The van der Waals surface area contributed by atoms with Crippen LogP contribution in [-0.2, 0) is 28.2 Å². The summed E-state index contributed by atoms with van der Waals surface area (Å²) in [6.07, 6.45) is 0. The number of hydrogen-bond donors (Lipinski definition) is 0. The van der Waals surface area contributed by atoms with Gasteiger partial charge in [0.2, 0.25) is 0 Å². The first-order valence-electron chi connectivity index (χ1n) is 12.3. The van der Waals surface area contributed by atoms with Crippen molar-refractivity contribution < 1.29 is 0 Å². The van der Waals surface area contributed by atoms with Crippen LogP contribution in [0.5, 0.6) is 0 Å². The van der Waals surface area contributed by atoms with E-state index in [1.165, 1.54) is 10.3 Å². The van der Waals surface area contributed by atoms with Gasteiger partial charge in [-0.25, -0.2) is 29.9 Å². The van der Waals surface area contributed by atoms with Crippen LogP contribution >= 0.6 is 45.3 Å². The summed E-state index contributed by atoms with van der Waals surface area (Å²) in [5.74, 6) is 4.22. The normalized spacial score (nSPS) is 11.0. The minimum atomic E-state index is 0.866. The fraction of sp³-hybridized carbons (Fsp3) is 0.308. The van der Waals surface area contributed by atoms with E-state index < -0.39 is 0 Å². The Bertz CT molecular complexity index is 1730. The Morgan fingerprint density at radius 1 is 0.550 bits per heavy atom. The standard InChI is InChI=1S/2C7H8N2S.2C6H7N3S/c1-5-8-7-6(9(5)2)3-4-10-7;1-5-8-6-3-4-10-7(6)9(5)2;1-4-8-6-5(9(4)2)7-3-10-6;1-4-8-5-6(9(4)2)10-3-7-5/h2*3-4H,1-2H3;2*3H,1-2H3. The van der Waals surface area contributed by atoms with Gasteiger partial charge in [0.15, 0.2) is 16.1 Å². The molecule has 0 aliphatic rings. The lowest BCUT2D eigenvalue weighted by Gasteiger charge is -1.91. The quantitative estimate of drug-likeness (QED) is 0.193. The molecule has 8 rings (SSSR count). The fourth-order valence-corrected chi connectivity index (χ4v) is 7.05. The van der Waals surface area contributed by atoms with E-state index in [4.69, 9.17) is 0 Å². The van der Waals surface area contributed by atoms with Crippen molar-refractivity contribution in [3.8, 4) is 0 Å². The Balaban J connectivity index is 0.000000108. The van der Waals surface area contributed by atoms with Gasteiger partial charge < -0.3 is 18.3 Å². The zero-order valence-electron chi connectivity index (χ0n) is 23.6. The van der Waals surface area contributed by atoms with Gasteiger partial charge in [-0.15, -0.1) is 45.3 Å². The van der Waals surface area contributed by atoms with Crippen molar-refractivity contribution in [1.82, 2.24) is 48.2 Å². The smallest absolute Gasteiger partial charge is 0.189 e. The molecule has 8 heterocycles. The fourth-order valence-electron chi connectivity index (χ4n) is 3.89. The molecule has 10 nitrogen and oxygen atoms in total. The molecule has 8 aromatic heterocycles. The molecular weight excluding hydrogens is 581 g/mol. The predicted molar refractivity (Wildman–Crippen MR) is 169 cm³/mol. The lowest BCUT2D eigenvalue weighted by molar-refractivity contribution is 0.874. The molecular formula is C26H30N10S4. The molecule has 0 spiro atoms. The molecule has 0 N–H and O–H groups in total. The van der Waals surface area contributed by atoms with Crippen LogP contribution in [0.3, 0.4) is 0 Å². The average molecular weight is 611 g/mol. The third-order valence-corrected chi connectivity index (χ3v) is 9.99. The van der Waals surface area contributed by atoms with E-state index >= 15 is 0 Å². The number of thiophene rings is 2. The van der Waals surface area contributed by atoms with Gasteiger partial charge >= 0.3 is 0 Å². The number of imidazole rings is 4. The van der Waals surface area contributed by atoms with Gasteiger partial charge in [-0.05, 0) is 50.6 Å². The SMILES string of the molecule is Cc1nc2ccsc2n1C.Cc1nc2ncsc2n1C.Cc1nc2sccc2n1C.Cc1nc2scnc2n1C. The van der Waals surface area contributed by atoms with Crippen molar-refractivity contribution in [3.05, 3.63) is 57.2 Å². The summed E-state index contributed by atoms with van der Waals surface area (Å²) in [6.45, 7) is 8.00. The maximum absolute atomic E-state index is 4.35. The van der Waals surface area contributed by atoms with E-state index in [0.29, 0.717) is 0 Å². The second-order valence-corrected chi connectivity index (χ2v) is 12.5. The number of fused-ring (bicyclic) bond motifs is 4. The Morgan fingerprint density at radius 3 is 1.88 bits per heavy atom. The molecule has 0 saturated heterocycles. The molecule has 0 atom stereocenters. The molecule has 0 fully saturated rings. The molecule has 0 aliphatic carbocycles. The maximum atomic E-state index is 4.35. The highest BCUT2D eigenvalue weighted by Crippen LogP contribution is 2.21. The lowest BCUT2D eigenvalue weighted by Crippen LogP contribution is -1.90. The highest BCUT2D eigenvalue weighted by atomic mass is 32.1. The van der Waals surface area contributed by atoms with Gasteiger partial charge in [-0.1, -0.05) is 0 Å². The maximum Gasteiger partial charge on any atom is 0.189 e. The summed E-state index contributed by atoms with van der Waals surface area (Å²) in [6, 6.07) is 4.15. The largest absolute Gasteiger partial charge is 0.331 e. The Labute approximate surface area is 247 Å². The molecule has 0 aromatic carbocycles. The van der Waals surface area contributed by atoms with Crippen LogP contribution in [0.25, 0.3) is 41.6 Å². The van der Waals surface area contributed by atoms with E-state index in [1.807, 2.05) is 82.1 Å². The van der Waals surface area contributed by atoms with Gasteiger partial charge in [0, 0.05) is 28.2 Å². The van der Waals surface area contributed by atoms with Crippen molar-refractivity contribution in [3.63, 3.8) is 0 Å². The van der Waals surface area contributed by atoms with Crippen LogP contribution in [-0.4, -0.2) is 48.2 Å². The van der Waals surface area contributed by atoms with E-state index in [2.05, 4.69) is 55.9 Å². The summed E-state index contributed by atoms with van der Waals surface area (Å²) in [7, 11) is 8.06. The summed E-state index contributed by atoms with van der Waals surface area (Å²) < 4.78 is 8.25. The Kier molecular flexibility index (Phi) is 8.12. The number of nitrogens with zero attached hydrogens (tertiary/aromatic N) is 10. The van der Waals surface area contributed by atoms with Gasteiger partial charge in [0.05, 0.1) is 22.1 Å². The van der Waals surface area contributed by atoms with Crippen molar-refractivity contribution in [1.29, 1.82) is 0 Å². The van der Waals surface area contributed by atoms with Crippen molar-refractivity contribution in [2.75, 3.05) is 0 Å². The first kappa shape index (κ1) is 28.1. The van der Waals surface area contributed by atoms with E-state index in [9.17, 15) is 0 Å². The average Bonchev–Trinajstić information content (AvgIpc) is 3.76. The molecule has 0 radical (unpaired) electrons. The molecule has 40 heavy (non-hydrogen) atoms. The molecule has 0 saturated carbocycles. The van der Waals surface area contributed by atoms with E-state index in [1.54, 1.807) is 45.3 Å². The number of aromatic nitrogens is 10. The Morgan fingerprint density at radius 2 is 1.18 bits per heavy atom. The highest BCUT2D eigenvalue weighted by molar-refractivity contribution is 7.17. The number of rotatable bonds is 0. The van der Waals surface area contributed by atoms with Gasteiger partial charge in [-0.3, -0.25) is 0 Å². The minimum absolute atomic E-state index is 0.866. The second-order valence-electron chi connectivity index (χ2n) is 9.06. The second kappa shape index (κ2) is 11.6. The van der Waals surface area contributed by atoms with Gasteiger partial charge in [0.1, 0.15) is 37.8 Å². The molecule has 0 aliphatic heterocycles. The summed E-state index contributed by atoms with van der Waals surface area (Å²) in [5.41, 5.74) is 7.84. The number of aryl methyl sites for hydroxylation is 8. The lowest BCUT2D eigenvalue weighted by atomic mass is 10.5. The number of hydrogen-bond acceptors (Lipinski definition) is 10. The van der Waals surface area contributed by atoms with Crippen molar-refractivity contribution in [2.45, 2.75) is 27.7 Å². The van der Waals surface area contributed by atoms with Crippen LogP contribution < -0.4 is 0 Å². The van der Waals surface area contributed by atoms with Gasteiger partial charge in [-0.2, -0.15) is 0 Å². The van der Waals surface area contributed by atoms with Crippen LogP contribution in [0.15, 0.2) is 33.9 Å². The molecule has 0 amide bonds. The monoisotopic (exact) mass is 610 g/mol. The summed E-state index contributed by atoms with van der Waals surface area (Å²) >= 11 is 6.63. The first-order chi connectivity index (χ1) is 19.2. The van der Waals surface area contributed by atoms with Crippen molar-refractivity contribution in [2.24, 2.45) is 28.2 Å². The van der Waals surface area contributed by atoms with Crippen LogP contribution in [0.4, 0.5) is 0 Å². The summed E-state index contributed by atoms with van der Waals surface area (Å²) in [5, 5.41) is 4.13. The van der Waals surface area contributed by atoms with E-state index in [0.717, 1.165) is 54.6 Å². The molecule has 208 valence electrons. The highest BCUT2D eigenvalue weighted by Gasteiger charge is 2.06. The Hall–Kier alpha value is -3.46. The van der Waals surface area contributed by atoms with Crippen LogP contribution in [0.2, 0.25) is 0 Å². The molecule has 14 heteroatoms. The third-order valence-electron chi connectivity index (χ3n) is 6.62. The third kappa shape index (κ3) is 5.44. The van der Waals surface area contributed by atoms with Gasteiger partial charge in [0.25, 0.3) is 0 Å². The first-order valence-corrected chi connectivity index (χ1v) is 15.9. The predicted octanol–water partition coefficient (Wildman–Crippen LogP) is 6.56. The minimum Gasteiger partial charge on any atom is -0.331 e. The topological polar surface area (TPSA) is 97.1 Å². The summed E-state index contributed by atoms with van der Waals surface area (Å²) in [4.78, 5) is 30.1. The van der Waals surface area contributed by atoms with Crippen molar-refractivity contribution >= 4 is 87.0 Å². The molecule has 0 bridgehead atoms. The number of thiazole rings is 2.